The maximum atomic E-state index is 9.56. The predicted molar refractivity (Wildman–Crippen MR) is 59.2 cm³/mol. The van der Waals surface area contributed by atoms with Crippen LogP contribution in [0.2, 0.25) is 0 Å². The first-order chi connectivity index (χ1) is 6.24. The highest BCUT2D eigenvalue weighted by atomic mass is 32.2. The van der Waals surface area contributed by atoms with E-state index in [1.54, 1.807) is 0 Å². The summed E-state index contributed by atoms with van der Waals surface area (Å²) in [5, 5.41) is 13.0. The lowest BCUT2D eigenvalue weighted by atomic mass is 10.1. The minimum atomic E-state index is -0.0959. The van der Waals surface area contributed by atoms with Crippen molar-refractivity contribution in [3.05, 3.63) is 0 Å². The van der Waals surface area contributed by atoms with Crippen LogP contribution in [0, 0.1) is 5.92 Å². The highest BCUT2D eigenvalue weighted by molar-refractivity contribution is 7.98. The maximum absolute atomic E-state index is 9.56. The first-order valence-corrected chi connectivity index (χ1v) is 6.53. The zero-order valence-corrected chi connectivity index (χ0v) is 9.44. The van der Waals surface area contributed by atoms with Gasteiger partial charge in [-0.15, -0.1) is 0 Å². The van der Waals surface area contributed by atoms with Crippen molar-refractivity contribution in [2.45, 2.75) is 38.3 Å². The van der Waals surface area contributed by atoms with Crippen LogP contribution >= 0.6 is 11.8 Å². The first kappa shape index (κ1) is 11.3. The first-order valence-electron chi connectivity index (χ1n) is 5.14. The van der Waals surface area contributed by atoms with Crippen LogP contribution in [0.4, 0.5) is 0 Å². The fourth-order valence-corrected chi connectivity index (χ4v) is 2.56. The van der Waals surface area contributed by atoms with Gasteiger partial charge in [0, 0.05) is 6.04 Å². The largest absolute Gasteiger partial charge is 0.392 e. The monoisotopic (exact) mass is 203 g/mol. The van der Waals surface area contributed by atoms with Crippen LogP contribution in [0.5, 0.6) is 0 Å². The molecule has 0 aromatic heterocycles. The van der Waals surface area contributed by atoms with Gasteiger partial charge in [0.1, 0.15) is 0 Å². The number of hydrogen-bond donors (Lipinski definition) is 2. The number of nitrogens with one attached hydrogen (secondary N) is 1. The van der Waals surface area contributed by atoms with E-state index in [1.165, 1.54) is 12.2 Å². The molecule has 1 saturated carbocycles. The molecule has 13 heavy (non-hydrogen) atoms. The molecule has 0 saturated heterocycles. The molecule has 3 heteroatoms. The second-order valence-electron chi connectivity index (χ2n) is 4.07. The Morgan fingerprint density at radius 3 is 2.85 bits per heavy atom. The van der Waals surface area contributed by atoms with Crippen molar-refractivity contribution in [2.75, 3.05) is 18.6 Å². The van der Waals surface area contributed by atoms with Gasteiger partial charge in [0.05, 0.1) is 6.10 Å². The highest BCUT2D eigenvalue weighted by Gasteiger charge is 2.24. The van der Waals surface area contributed by atoms with Crippen LogP contribution in [0.3, 0.4) is 0 Å². The minimum Gasteiger partial charge on any atom is -0.392 e. The summed E-state index contributed by atoms with van der Waals surface area (Å²) in [6, 6.07) is 0.365. The number of aliphatic hydroxyl groups is 1. The summed E-state index contributed by atoms with van der Waals surface area (Å²) in [5.41, 5.74) is 0. The molecule has 1 rings (SSSR count). The zero-order chi connectivity index (χ0) is 9.68. The summed E-state index contributed by atoms with van der Waals surface area (Å²) in [4.78, 5) is 0. The maximum Gasteiger partial charge on any atom is 0.0693 e. The normalized spacial score (nSPS) is 30.7. The molecule has 2 N–H and O–H groups in total. The number of thioether (sulfide) groups is 1. The van der Waals surface area contributed by atoms with Gasteiger partial charge in [-0.1, -0.05) is 6.92 Å². The predicted octanol–water partition coefficient (Wildman–Crippen LogP) is 1.49. The van der Waals surface area contributed by atoms with E-state index in [0.717, 1.165) is 19.4 Å². The van der Waals surface area contributed by atoms with Gasteiger partial charge in [-0.25, -0.2) is 0 Å². The zero-order valence-electron chi connectivity index (χ0n) is 8.62. The average molecular weight is 203 g/mol. The van der Waals surface area contributed by atoms with Crippen molar-refractivity contribution in [3.63, 3.8) is 0 Å². The minimum absolute atomic E-state index is 0.0959. The second-order valence-corrected chi connectivity index (χ2v) is 4.98. The lowest BCUT2D eigenvalue weighted by molar-refractivity contribution is 0.148. The third kappa shape index (κ3) is 3.88. The summed E-state index contributed by atoms with van der Waals surface area (Å²) in [6.45, 7) is 3.30. The highest BCUT2D eigenvalue weighted by Crippen LogP contribution is 2.18. The van der Waals surface area contributed by atoms with Gasteiger partial charge in [-0.3, -0.25) is 0 Å². The van der Waals surface area contributed by atoms with Crippen LogP contribution < -0.4 is 5.32 Å². The Hall–Kier alpha value is 0.270. The van der Waals surface area contributed by atoms with Crippen molar-refractivity contribution >= 4 is 11.8 Å². The van der Waals surface area contributed by atoms with E-state index in [2.05, 4.69) is 18.5 Å². The van der Waals surface area contributed by atoms with Gasteiger partial charge >= 0.3 is 0 Å². The molecule has 0 aliphatic heterocycles. The van der Waals surface area contributed by atoms with Crippen LogP contribution in [0.1, 0.15) is 26.2 Å². The Bertz CT molecular complexity index is 143. The van der Waals surface area contributed by atoms with Crippen LogP contribution in [-0.4, -0.2) is 35.8 Å². The molecule has 1 fully saturated rings. The van der Waals surface area contributed by atoms with Gasteiger partial charge in [0.25, 0.3) is 0 Å². The molecular formula is C10H21NOS. The van der Waals surface area contributed by atoms with Crippen molar-refractivity contribution in [1.29, 1.82) is 0 Å². The SMILES string of the molecule is CSCC(C)CNC1CCCC1O. The quantitative estimate of drug-likeness (QED) is 0.710. The number of hydrogen-bond acceptors (Lipinski definition) is 3. The lowest BCUT2D eigenvalue weighted by Gasteiger charge is -2.19. The molecule has 3 unspecified atom stereocenters. The van der Waals surface area contributed by atoms with Crippen LogP contribution in [0.25, 0.3) is 0 Å². The lowest BCUT2D eigenvalue weighted by Crippen LogP contribution is -2.38. The van der Waals surface area contributed by atoms with Crippen molar-refractivity contribution in [3.8, 4) is 0 Å². The molecule has 3 atom stereocenters. The van der Waals surface area contributed by atoms with Gasteiger partial charge in [-0.2, -0.15) is 11.8 Å². The average Bonchev–Trinajstić information content (AvgIpc) is 2.48. The Morgan fingerprint density at radius 1 is 1.54 bits per heavy atom. The number of aliphatic hydroxyl groups excluding tert-OH is 1. The van der Waals surface area contributed by atoms with Crippen molar-refractivity contribution < 1.29 is 5.11 Å². The molecule has 2 nitrogen and oxygen atoms in total. The molecule has 0 heterocycles. The van der Waals surface area contributed by atoms with E-state index in [-0.39, 0.29) is 6.10 Å². The van der Waals surface area contributed by atoms with E-state index in [4.69, 9.17) is 0 Å². The molecule has 1 aliphatic rings. The van der Waals surface area contributed by atoms with E-state index < -0.39 is 0 Å². The molecule has 0 amide bonds. The van der Waals surface area contributed by atoms with E-state index in [9.17, 15) is 5.11 Å². The summed E-state index contributed by atoms with van der Waals surface area (Å²) in [7, 11) is 0. The molecule has 78 valence electrons. The molecule has 0 aromatic carbocycles. The van der Waals surface area contributed by atoms with Gasteiger partial charge in [-0.05, 0) is 43.7 Å². The van der Waals surface area contributed by atoms with Crippen LogP contribution in [0.15, 0.2) is 0 Å². The molecule has 0 spiro atoms. The van der Waals surface area contributed by atoms with Gasteiger partial charge < -0.3 is 10.4 Å². The number of rotatable bonds is 5. The Morgan fingerprint density at radius 2 is 2.31 bits per heavy atom. The van der Waals surface area contributed by atoms with Crippen molar-refractivity contribution in [2.24, 2.45) is 5.92 Å². The second kappa shape index (κ2) is 5.89. The Labute approximate surface area is 85.5 Å². The molecular weight excluding hydrogens is 182 g/mol. The van der Waals surface area contributed by atoms with Gasteiger partial charge in [0.15, 0.2) is 0 Å². The molecule has 0 radical (unpaired) electrons. The third-order valence-electron chi connectivity index (χ3n) is 2.66. The van der Waals surface area contributed by atoms with E-state index in [0.29, 0.717) is 12.0 Å². The molecule has 0 aromatic rings. The van der Waals surface area contributed by atoms with Crippen molar-refractivity contribution in [1.82, 2.24) is 5.32 Å². The molecule has 1 aliphatic carbocycles. The summed E-state index contributed by atoms with van der Waals surface area (Å²) >= 11 is 1.89. The smallest absolute Gasteiger partial charge is 0.0693 e. The standard InChI is InChI=1S/C10H21NOS/c1-8(7-13-2)6-11-9-4-3-5-10(9)12/h8-12H,3-7H2,1-2H3. The summed E-state index contributed by atoms with van der Waals surface area (Å²) in [5.74, 6) is 1.92. The van der Waals surface area contributed by atoms with Crippen LogP contribution in [-0.2, 0) is 0 Å². The van der Waals surface area contributed by atoms with Gasteiger partial charge in [0.2, 0.25) is 0 Å². The molecule has 0 bridgehead atoms. The Kier molecular flexibility index (Phi) is 5.14. The fourth-order valence-electron chi connectivity index (χ4n) is 1.87. The van der Waals surface area contributed by atoms with E-state index >= 15 is 0 Å². The Balaban J connectivity index is 2.10. The topological polar surface area (TPSA) is 32.3 Å². The van der Waals surface area contributed by atoms with E-state index in [1.807, 2.05) is 11.8 Å². The summed E-state index contributed by atoms with van der Waals surface area (Å²) in [6.07, 6.45) is 5.35. The third-order valence-corrected chi connectivity index (χ3v) is 3.56. The summed E-state index contributed by atoms with van der Waals surface area (Å²) < 4.78 is 0. The fraction of sp³-hybridized carbons (Fsp3) is 1.00.